The maximum atomic E-state index is 13.4. The maximum Gasteiger partial charge on any atom is 0.240 e. The second-order valence-electron chi connectivity index (χ2n) is 4.59. The Balaban J connectivity index is 2.20. The summed E-state index contributed by atoms with van der Waals surface area (Å²) in [7, 11) is -3.74. The summed E-state index contributed by atoms with van der Waals surface area (Å²) >= 11 is 3.31. The van der Waals surface area contributed by atoms with E-state index in [0.29, 0.717) is 0 Å². The fourth-order valence-corrected chi connectivity index (χ4v) is 3.18. The minimum Gasteiger partial charge on any atom is -0.396 e. The molecular formula is C14H14BrFN2O2S. The molecule has 7 heteroatoms. The molecule has 2 rings (SSSR count). The molecule has 2 aromatic carbocycles. The molecule has 0 radical (unpaired) electrons. The molecule has 0 aromatic heterocycles. The third-order valence-corrected chi connectivity index (χ3v) is 4.86. The molecule has 0 fully saturated rings. The molecule has 21 heavy (non-hydrogen) atoms. The van der Waals surface area contributed by atoms with Crippen molar-refractivity contribution in [1.29, 1.82) is 0 Å². The lowest BCUT2D eigenvalue weighted by Crippen LogP contribution is -2.23. The Morgan fingerprint density at radius 3 is 2.43 bits per heavy atom. The lowest BCUT2D eigenvalue weighted by atomic mass is 10.2. The maximum absolute atomic E-state index is 13.4. The number of nitrogens with two attached hydrogens (primary N) is 1. The van der Waals surface area contributed by atoms with Crippen molar-refractivity contribution in [3.05, 3.63) is 57.8 Å². The number of nitrogen functional groups attached to an aromatic ring is 1. The van der Waals surface area contributed by atoms with E-state index < -0.39 is 15.8 Å². The third-order valence-electron chi connectivity index (χ3n) is 2.95. The lowest BCUT2D eigenvalue weighted by Gasteiger charge is -2.09. The average Bonchev–Trinajstić information content (AvgIpc) is 2.43. The predicted molar refractivity (Wildman–Crippen MR) is 83.7 cm³/mol. The number of aryl methyl sites for hydroxylation is 1. The molecule has 0 aliphatic carbocycles. The van der Waals surface area contributed by atoms with E-state index >= 15 is 0 Å². The molecule has 0 spiro atoms. The molecule has 0 unspecified atom stereocenters. The Morgan fingerprint density at radius 1 is 1.24 bits per heavy atom. The molecular weight excluding hydrogens is 359 g/mol. The van der Waals surface area contributed by atoms with Gasteiger partial charge in [-0.25, -0.2) is 17.5 Å². The highest BCUT2D eigenvalue weighted by Gasteiger charge is 2.17. The lowest BCUT2D eigenvalue weighted by molar-refractivity contribution is 0.580. The zero-order valence-corrected chi connectivity index (χ0v) is 13.6. The van der Waals surface area contributed by atoms with Crippen LogP contribution in [0, 0.1) is 12.7 Å². The first-order valence-corrected chi connectivity index (χ1v) is 8.37. The number of benzene rings is 2. The van der Waals surface area contributed by atoms with Crippen LogP contribution in [0.2, 0.25) is 0 Å². The van der Waals surface area contributed by atoms with Crippen molar-refractivity contribution in [3.63, 3.8) is 0 Å². The normalized spacial score (nSPS) is 11.6. The SMILES string of the molecule is Cc1cc(S(=O)(=O)NCc2ccc(Br)cc2)cc(N)c1F. The molecule has 112 valence electrons. The molecule has 2 aromatic rings. The van der Waals surface area contributed by atoms with Gasteiger partial charge in [0, 0.05) is 11.0 Å². The number of nitrogens with one attached hydrogen (secondary N) is 1. The molecule has 0 saturated carbocycles. The summed E-state index contributed by atoms with van der Waals surface area (Å²) in [4.78, 5) is -0.0454. The van der Waals surface area contributed by atoms with Crippen LogP contribution in [0.4, 0.5) is 10.1 Å². The number of hydrogen-bond acceptors (Lipinski definition) is 3. The Bertz CT molecular complexity index is 738. The third kappa shape index (κ3) is 3.81. The van der Waals surface area contributed by atoms with Crippen LogP contribution in [-0.2, 0) is 16.6 Å². The fourth-order valence-electron chi connectivity index (χ4n) is 1.78. The van der Waals surface area contributed by atoms with Crippen LogP contribution in [0.25, 0.3) is 0 Å². The second-order valence-corrected chi connectivity index (χ2v) is 7.28. The van der Waals surface area contributed by atoms with Gasteiger partial charge in [0.25, 0.3) is 0 Å². The van der Waals surface area contributed by atoms with Gasteiger partial charge in [-0.15, -0.1) is 0 Å². The first-order chi connectivity index (χ1) is 9.79. The Hall–Kier alpha value is -1.44. The van der Waals surface area contributed by atoms with Crippen molar-refractivity contribution >= 4 is 31.6 Å². The number of anilines is 1. The smallest absolute Gasteiger partial charge is 0.240 e. The molecule has 0 aliphatic rings. The Labute approximate surface area is 131 Å². The number of hydrogen-bond donors (Lipinski definition) is 2. The minimum absolute atomic E-state index is 0.0454. The van der Waals surface area contributed by atoms with Crippen LogP contribution in [-0.4, -0.2) is 8.42 Å². The van der Waals surface area contributed by atoms with Gasteiger partial charge in [-0.3, -0.25) is 0 Å². The summed E-state index contributed by atoms with van der Waals surface area (Å²) in [6.07, 6.45) is 0. The van der Waals surface area contributed by atoms with E-state index in [1.54, 1.807) is 12.1 Å². The van der Waals surface area contributed by atoms with Gasteiger partial charge in [-0.2, -0.15) is 0 Å². The highest BCUT2D eigenvalue weighted by molar-refractivity contribution is 9.10. The number of halogens is 2. The Kier molecular flexibility index (Phi) is 4.65. The van der Waals surface area contributed by atoms with E-state index in [0.717, 1.165) is 16.1 Å². The van der Waals surface area contributed by atoms with Crippen molar-refractivity contribution in [1.82, 2.24) is 4.72 Å². The highest BCUT2D eigenvalue weighted by Crippen LogP contribution is 2.21. The standard InChI is InChI=1S/C14H14BrFN2O2S/c1-9-6-12(7-13(17)14(9)16)21(19,20)18-8-10-2-4-11(15)5-3-10/h2-7,18H,8,17H2,1H3. The van der Waals surface area contributed by atoms with Gasteiger partial charge in [-0.05, 0) is 42.3 Å². The first kappa shape index (κ1) is 15.9. The van der Waals surface area contributed by atoms with E-state index in [9.17, 15) is 12.8 Å². The average molecular weight is 373 g/mol. The molecule has 0 saturated heterocycles. The monoisotopic (exact) mass is 372 g/mol. The van der Waals surface area contributed by atoms with Gasteiger partial charge < -0.3 is 5.73 Å². The van der Waals surface area contributed by atoms with Crippen molar-refractivity contribution < 1.29 is 12.8 Å². The zero-order valence-electron chi connectivity index (χ0n) is 11.2. The van der Waals surface area contributed by atoms with Crippen LogP contribution >= 0.6 is 15.9 Å². The van der Waals surface area contributed by atoms with E-state index in [2.05, 4.69) is 20.7 Å². The summed E-state index contributed by atoms with van der Waals surface area (Å²) in [6.45, 7) is 1.62. The molecule has 3 N–H and O–H groups in total. The van der Waals surface area contributed by atoms with E-state index in [1.807, 2.05) is 12.1 Å². The van der Waals surface area contributed by atoms with E-state index in [-0.39, 0.29) is 22.7 Å². The van der Waals surface area contributed by atoms with Crippen LogP contribution in [0.3, 0.4) is 0 Å². The van der Waals surface area contributed by atoms with Gasteiger partial charge in [-0.1, -0.05) is 28.1 Å². The summed E-state index contributed by atoms with van der Waals surface area (Å²) in [5.74, 6) is -0.596. The summed E-state index contributed by atoms with van der Waals surface area (Å²) in [5, 5.41) is 0. The van der Waals surface area contributed by atoms with Gasteiger partial charge >= 0.3 is 0 Å². The highest BCUT2D eigenvalue weighted by atomic mass is 79.9. The zero-order chi connectivity index (χ0) is 15.6. The first-order valence-electron chi connectivity index (χ1n) is 6.09. The number of sulfonamides is 1. The molecule has 0 aliphatic heterocycles. The van der Waals surface area contributed by atoms with E-state index in [1.165, 1.54) is 13.0 Å². The number of rotatable bonds is 4. The summed E-state index contributed by atoms with van der Waals surface area (Å²) in [6, 6.07) is 9.63. The topological polar surface area (TPSA) is 72.2 Å². The molecule has 0 amide bonds. The van der Waals surface area contributed by atoms with Crippen molar-refractivity contribution in [2.24, 2.45) is 0 Å². The quantitative estimate of drug-likeness (QED) is 0.810. The predicted octanol–water partition coefficient (Wildman–Crippen LogP) is 2.96. The van der Waals surface area contributed by atoms with Crippen LogP contribution in [0.5, 0.6) is 0 Å². The second kappa shape index (κ2) is 6.13. The summed E-state index contributed by atoms with van der Waals surface area (Å²) in [5.41, 5.74) is 6.30. The van der Waals surface area contributed by atoms with Gasteiger partial charge in [0.1, 0.15) is 5.82 Å². The fraction of sp³-hybridized carbons (Fsp3) is 0.143. The van der Waals surface area contributed by atoms with Crippen LogP contribution in [0.1, 0.15) is 11.1 Å². The Morgan fingerprint density at radius 2 is 1.86 bits per heavy atom. The minimum atomic E-state index is -3.74. The van der Waals surface area contributed by atoms with Gasteiger partial charge in [0.15, 0.2) is 0 Å². The molecule has 0 bridgehead atoms. The molecule has 4 nitrogen and oxygen atoms in total. The summed E-state index contributed by atoms with van der Waals surface area (Å²) < 4.78 is 41.2. The molecule has 0 heterocycles. The van der Waals surface area contributed by atoms with Gasteiger partial charge in [0.05, 0.1) is 10.6 Å². The molecule has 0 atom stereocenters. The van der Waals surface area contributed by atoms with Crippen LogP contribution < -0.4 is 10.5 Å². The van der Waals surface area contributed by atoms with Crippen molar-refractivity contribution in [2.75, 3.05) is 5.73 Å². The van der Waals surface area contributed by atoms with E-state index in [4.69, 9.17) is 5.73 Å². The van der Waals surface area contributed by atoms with Crippen molar-refractivity contribution in [3.8, 4) is 0 Å². The van der Waals surface area contributed by atoms with Crippen molar-refractivity contribution in [2.45, 2.75) is 18.4 Å². The largest absolute Gasteiger partial charge is 0.396 e. The van der Waals surface area contributed by atoms with Gasteiger partial charge in [0.2, 0.25) is 10.0 Å². The van der Waals surface area contributed by atoms with Crippen LogP contribution in [0.15, 0.2) is 45.8 Å².